The smallest absolute Gasteiger partial charge is 0.229 e. The number of carbonyl (C=O) groups is 1. The molecule has 0 radical (unpaired) electrons. The van der Waals surface area contributed by atoms with Gasteiger partial charge >= 0.3 is 0 Å². The number of nitrogens with zero attached hydrogens (tertiary/aromatic N) is 1. The highest BCUT2D eigenvalue weighted by Gasteiger charge is 2.17. The van der Waals surface area contributed by atoms with Crippen molar-refractivity contribution in [2.75, 3.05) is 11.9 Å². The molecule has 0 fully saturated rings. The van der Waals surface area contributed by atoms with E-state index in [0.29, 0.717) is 21.8 Å². The first-order valence-corrected chi connectivity index (χ1v) is 7.16. The van der Waals surface area contributed by atoms with Crippen LogP contribution in [0, 0.1) is 12.3 Å². The number of halogens is 1. The molecule has 1 amide bonds. The lowest BCUT2D eigenvalue weighted by molar-refractivity contribution is -0.120. The predicted octanol–water partition coefficient (Wildman–Crippen LogP) is 3.41. The fraction of sp³-hybridized carbons (Fsp3) is 0.167. The summed E-state index contributed by atoms with van der Waals surface area (Å²) in [5.74, 6) is 2.34. The molecule has 0 aliphatic carbocycles. The van der Waals surface area contributed by atoms with E-state index in [4.69, 9.17) is 18.0 Å². The lowest BCUT2D eigenvalue weighted by atomic mass is 10.1. The van der Waals surface area contributed by atoms with Gasteiger partial charge in [-0.1, -0.05) is 35.7 Å². The van der Waals surface area contributed by atoms with Gasteiger partial charge in [0.2, 0.25) is 5.91 Å². The summed E-state index contributed by atoms with van der Waals surface area (Å²) in [5, 5.41) is 10.7. The van der Waals surface area contributed by atoms with Crippen molar-refractivity contribution < 1.29 is 9.90 Å². The molecule has 0 aromatic heterocycles. The van der Waals surface area contributed by atoms with Gasteiger partial charge < -0.3 is 10.0 Å². The van der Waals surface area contributed by atoms with Gasteiger partial charge in [0.05, 0.1) is 12.5 Å². The quantitative estimate of drug-likeness (QED) is 0.879. The summed E-state index contributed by atoms with van der Waals surface area (Å²) in [6.07, 6.45) is 4.47. The number of hydrogen-bond acceptors (Lipinski definition) is 2. The van der Waals surface area contributed by atoms with E-state index in [2.05, 4.69) is 5.92 Å². The van der Waals surface area contributed by atoms with Crippen LogP contribution in [0.3, 0.4) is 0 Å². The van der Waals surface area contributed by atoms with Crippen LogP contribution < -0.4 is 4.90 Å². The van der Waals surface area contributed by atoms with Crippen molar-refractivity contribution in [3.8, 4) is 12.3 Å². The van der Waals surface area contributed by atoms with Crippen LogP contribution in [0.2, 0.25) is 5.02 Å². The molecule has 0 heterocycles. The van der Waals surface area contributed by atoms with Gasteiger partial charge in [-0.15, -0.1) is 6.42 Å². The van der Waals surface area contributed by atoms with Crippen LogP contribution in [0.15, 0.2) is 48.5 Å². The van der Waals surface area contributed by atoms with Crippen LogP contribution in [0.25, 0.3) is 0 Å². The molecule has 0 saturated heterocycles. The van der Waals surface area contributed by atoms with E-state index in [0.717, 1.165) is 0 Å². The molecular formula is C18H16ClNO2. The zero-order valence-corrected chi connectivity index (χ0v) is 12.9. The first kappa shape index (κ1) is 16.1. The van der Waals surface area contributed by atoms with E-state index in [9.17, 15) is 9.90 Å². The molecule has 22 heavy (non-hydrogen) atoms. The lowest BCUT2D eigenvalue weighted by Gasteiger charge is -2.20. The molecule has 2 aromatic rings. The standard InChI is InChI=1S/C18H16ClNO2/c1-3-13-5-4-6-16(11-13)20(2)18(22)12-17(21)14-7-9-15(19)10-8-14/h1,4-11,17,21H,12H2,2H3. The van der Waals surface area contributed by atoms with Crippen LogP contribution >= 0.6 is 11.6 Å². The van der Waals surface area contributed by atoms with Crippen molar-refractivity contribution in [3.05, 3.63) is 64.7 Å². The molecule has 0 saturated carbocycles. The van der Waals surface area contributed by atoms with Crippen molar-refractivity contribution in [2.24, 2.45) is 0 Å². The van der Waals surface area contributed by atoms with Gasteiger partial charge in [0, 0.05) is 23.3 Å². The number of aliphatic hydroxyl groups excluding tert-OH is 1. The predicted molar refractivity (Wildman–Crippen MR) is 88.8 cm³/mol. The van der Waals surface area contributed by atoms with E-state index in [1.165, 1.54) is 4.90 Å². The maximum atomic E-state index is 12.3. The number of carbonyl (C=O) groups excluding carboxylic acids is 1. The molecule has 112 valence electrons. The van der Waals surface area contributed by atoms with Crippen LogP contribution in [-0.4, -0.2) is 18.1 Å². The zero-order chi connectivity index (χ0) is 16.1. The van der Waals surface area contributed by atoms with Crippen LogP contribution in [0.4, 0.5) is 5.69 Å². The maximum Gasteiger partial charge on any atom is 0.229 e. The third-order valence-corrected chi connectivity index (χ3v) is 3.65. The first-order chi connectivity index (χ1) is 10.5. The summed E-state index contributed by atoms with van der Waals surface area (Å²) < 4.78 is 0. The molecule has 4 heteroatoms. The fourth-order valence-corrected chi connectivity index (χ4v) is 2.18. The Kier molecular flexibility index (Phi) is 5.21. The van der Waals surface area contributed by atoms with Crippen molar-refractivity contribution in [1.82, 2.24) is 0 Å². The number of rotatable bonds is 4. The Labute approximate surface area is 135 Å². The Bertz CT molecular complexity index is 704. The minimum atomic E-state index is -0.872. The second-order valence-corrected chi connectivity index (χ2v) is 5.36. The summed E-state index contributed by atoms with van der Waals surface area (Å²) in [7, 11) is 1.66. The molecule has 3 nitrogen and oxygen atoms in total. The van der Waals surface area contributed by atoms with Crippen molar-refractivity contribution >= 4 is 23.2 Å². The van der Waals surface area contributed by atoms with Gasteiger partial charge in [0.25, 0.3) is 0 Å². The second kappa shape index (κ2) is 7.13. The highest BCUT2D eigenvalue weighted by atomic mass is 35.5. The first-order valence-electron chi connectivity index (χ1n) is 6.78. The zero-order valence-electron chi connectivity index (χ0n) is 12.2. The molecule has 2 aromatic carbocycles. The van der Waals surface area contributed by atoms with Crippen LogP contribution in [0.5, 0.6) is 0 Å². The maximum absolute atomic E-state index is 12.3. The monoisotopic (exact) mass is 313 g/mol. The van der Waals surface area contributed by atoms with E-state index in [1.54, 1.807) is 55.6 Å². The molecule has 0 aliphatic rings. The number of anilines is 1. The highest BCUT2D eigenvalue weighted by molar-refractivity contribution is 6.30. The second-order valence-electron chi connectivity index (χ2n) is 4.92. The average molecular weight is 314 g/mol. The number of aliphatic hydroxyl groups is 1. The number of amides is 1. The van der Waals surface area contributed by atoms with Crippen LogP contribution in [-0.2, 0) is 4.79 Å². The third kappa shape index (κ3) is 3.88. The molecular weight excluding hydrogens is 298 g/mol. The topological polar surface area (TPSA) is 40.5 Å². The summed E-state index contributed by atoms with van der Waals surface area (Å²) in [6, 6.07) is 13.9. The minimum absolute atomic E-state index is 0.0155. The van der Waals surface area contributed by atoms with Gasteiger partial charge in [-0.3, -0.25) is 4.79 Å². The Hall–Kier alpha value is -2.28. The lowest BCUT2D eigenvalue weighted by Crippen LogP contribution is -2.27. The van der Waals surface area contributed by atoms with Crippen molar-refractivity contribution in [2.45, 2.75) is 12.5 Å². The van der Waals surface area contributed by atoms with Gasteiger partial charge in [-0.05, 0) is 35.9 Å². The van der Waals surface area contributed by atoms with E-state index in [-0.39, 0.29) is 12.3 Å². The Morgan fingerprint density at radius 2 is 2.00 bits per heavy atom. The van der Waals surface area contributed by atoms with E-state index < -0.39 is 6.10 Å². The Balaban J connectivity index is 2.07. The number of benzene rings is 2. The largest absolute Gasteiger partial charge is 0.388 e. The molecule has 0 bridgehead atoms. The summed E-state index contributed by atoms with van der Waals surface area (Å²) in [6.45, 7) is 0. The SMILES string of the molecule is C#Cc1cccc(N(C)C(=O)CC(O)c2ccc(Cl)cc2)c1. The normalized spacial score (nSPS) is 11.5. The highest BCUT2D eigenvalue weighted by Crippen LogP contribution is 2.22. The average Bonchev–Trinajstić information content (AvgIpc) is 2.54. The number of hydrogen-bond donors (Lipinski definition) is 1. The fourth-order valence-electron chi connectivity index (χ4n) is 2.05. The van der Waals surface area contributed by atoms with Crippen molar-refractivity contribution in [1.29, 1.82) is 0 Å². The Morgan fingerprint density at radius 3 is 2.64 bits per heavy atom. The summed E-state index contributed by atoms with van der Waals surface area (Å²) in [4.78, 5) is 13.8. The molecule has 1 unspecified atom stereocenters. The summed E-state index contributed by atoms with van der Waals surface area (Å²) >= 11 is 5.81. The van der Waals surface area contributed by atoms with E-state index >= 15 is 0 Å². The minimum Gasteiger partial charge on any atom is -0.388 e. The van der Waals surface area contributed by atoms with Crippen LogP contribution in [0.1, 0.15) is 23.7 Å². The molecule has 0 spiro atoms. The van der Waals surface area contributed by atoms with Gasteiger partial charge in [-0.2, -0.15) is 0 Å². The number of terminal acetylenes is 1. The summed E-state index contributed by atoms with van der Waals surface area (Å²) in [5.41, 5.74) is 2.06. The molecule has 1 atom stereocenters. The molecule has 1 N–H and O–H groups in total. The van der Waals surface area contributed by atoms with Crippen molar-refractivity contribution in [3.63, 3.8) is 0 Å². The molecule has 0 aliphatic heterocycles. The third-order valence-electron chi connectivity index (χ3n) is 3.40. The van der Waals surface area contributed by atoms with Gasteiger partial charge in [0.1, 0.15) is 0 Å². The van der Waals surface area contributed by atoms with Gasteiger partial charge in [0.15, 0.2) is 0 Å². The van der Waals surface area contributed by atoms with Gasteiger partial charge in [-0.25, -0.2) is 0 Å². The van der Waals surface area contributed by atoms with E-state index in [1.807, 2.05) is 0 Å². The molecule has 2 rings (SSSR count). The Morgan fingerprint density at radius 1 is 1.32 bits per heavy atom.